The normalized spacial score (nSPS) is 22.5. The van der Waals surface area contributed by atoms with Gasteiger partial charge in [-0.15, -0.1) is 0 Å². The summed E-state index contributed by atoms with van der Waals surface area (Å²) in [7, 11) is 0. The molecule has 0 bridgehead atoms. The summed E-state index contributed by atoms with van der Waals surface area (Å²) in [6.07, 6.45) is 1.57. The van der Waals surface area contributed by atoms with Gasteiger partial charge in [0.25, 0.3) is 5.91 Å². The van der Waals surface area contributed by atoms with Gasteiger partial charge in [-0.1, -0.05) is 17.7 Å². The lowest BCUT2D eigenvalue weighted by Gasteiger charge is -2.35. The number of hydrogen-bond acceptors (Lipinski definition) is 3. The van der Waals surface area contributed by atoms with E-state index in [1.165, 1.54) is 0 Å². The monoisotopic (exact) mass is 304 g/mol. The van der Waals surface area contributed by atoms with Crippen LogP contribution in [0, 0.1) is 13.8 Å². The fourth-order valence-electron chi connectivity index (χ4n) is 3.05. The summed E-state index contributed by atoms with van der Waals surface area (Å²) in [5.74, 6) is 0.0323. The summed E-state index contributed by atoms with van der Waals surface area (Å²) in [6, 6.07) is 5.99. The molecule has 4 heteroatoms. The molecule has 0 saturated carbocycles. The Bertz CT molecular complexity index is 506. The van der Waals surface area contributed by atoms with Gasteiger partial charge in [0.05, 0.1) is 12.2 Å². The molecular weight excluding hydrogens is 276 g/mol. The lowest BCUT2D eigenvalue weighted by molar-refractivity contribution is -0.0679. The van der Waals surface area contributed by atoms with E-state index >= 15 is 0 Å². The van der Waals surface area contributed by atoms with Gasteiger partial charge in [0.2, 0.25) is 0 Å². The van der Waals surface area contributed by atoms with Crippen LogP contribution in [-0.4, -0.2) is 49.2 Å². The van der Waals surface area contributed by atoms with Gasteiger partial charge in [0.1, 0.15) is 0 Å². The first-order chi connectivity index (χ1) is 10.5. The summed E-state index contributed by atoms with van der Waals surface area (Å²) in [6.45, 7) is 11.9. The number of nitrogens with one attached hydrogen (secondary N) is 1. The molecule has 1 aromatic rings. The van der Waals surface area contributed by atoms with Crippen molar-refractivity contribution in [3.05, 3.63) is 34.9 Å². The molecule has 1 fully saturated rings. The van der Waals surface area contributed by atoms with Gasteiger partial charge < -0.3 is 10.1 Å². The summed E-state index contributed by atoms with van der Waals surface area (Å²) < 4.78 is 5.73. The van der Waals surface area contributed by atoms with Crippen LogP contribution < -0.4 is 5.32 Å². The summed E-state index contributed by atoms with van der Waals surface area (Å²) in [5.41, 5.74) is 2.93. The number of carbonyl (C=O) groups excluding carboxylic acids is 1. The first kappa shape index (κ1) is 17.0. The predicted molar refractivity (Wildman–Crippen MR) is 89.3 cm³/mol. The Morgan fingerprint density at radius 1 is 1.27 bits per heavy atom. The molecule has 0 aromatic heterocycles. The molecule has 0 radical (unpaired) electrons. The topological polar surface area (TPSA) is 41.6 Å². The minimum absolute atomic E-state index is 0.0323. The largest absolute Gasteiger partial charge is 0.373 e. The van der Waals surface area contributed by atoms with Gasteiger partial charge in [-0.3, -0.25) is 9.69 Å². The van der Waals surface area contributed by atoms with Gasteiger partial charge in [0, 0.05) is 31.7 Å². The van der Waals surface area contributed by atoms with E-state index in [-0.39, 0.29) is 5.91 Å². The van der Waals surface area contributed by atoms with Crippen LogP contribution in [0.25, 0.3) is 0 Å². The van der Waals surface area contributed by atoms with Gasteiger partial charge in [-0.05, 0) is 45.7 Å². The fraction of sp³-hybridized carbons (Fsp3) is 0.611. The van der Waals surface area contributed by atoms with Gasteiger partial charge in [-0.25, -0.2) is 0 Å². The van der Waals surface area contributed by atoms with E-state index in [1.807, 2.05) is 32.0 Å². The molecule has 1 aliphatic rings. The molecule has 2 unspecified atom stereocenters. The van der Waals surface area contributed by atoms with Gasteiger partial charge in [-0.2, -0.15) is 0 Å². The van der Waals surface area contributed by atoms with Crippen LogP contribution in [0.15, 0.2) is 18.2 Å². The molecule has 0 spiro atoms. The maximum absolute atomic E-state index is 12.2. The third-order valence-electron chi connectivity index (χ3n) is 4.07. The number of amides is 1. The zero-order valence-corrected chi connectivity index (χ0v) is 14.2. The molecular formula is C18H28N2O2. The Labute approximate surface area is 133 Å². The minimum atomic E-state index is 0.0323. The number of rotatable bonds is 5. The number of hydrogen-bond donors (Lipinski definition) is 1. The highest BCUT2D eigenvalue weighted by atomic mass is 16.5. The minimum Gasteiger partial charge on any atom is -0.373 e. The van der Waals surface area contributed by atoms with E-state index < -0.39 is 0 Å². The highest BCUT2D eigenvalue weighted by molar-refractivity contribution is 5.95. The molecule has 22 heavy (non-hydrogen) atoms. The second-order valence-electron chi connectivity index (χ2n) is 6.44. The Hall–Kier alpha value is -1.39. The van der Waals surface area contributed by atoms with Crippen LogP contribution >= 0.6 is 0 Å². The van der Waals surface area contributed by atoms with E-state index in [0.717, 1.165) is 42.7 Å². The lowest BCUT2D eigenvalue weighted by Crippen LogP contribution is -2.46. The quantitative estimate of drug-likeness (QED) is 0.850. The van der Waals surface area contributed by atoms with Gasteiger partial charge >= 0.3 is 0 Å². The number of benzene rings is 1. The Morgan fingerprint density at radius 3 is 2.64 bits per heavy atom. The van der Waals surface area contributed by atoms with Crippen molar-refractivity contribution in [2.75, 3.05) is 26.2 Å². The molecule has 1 saturated heterocycles. The average molecular weight is 304 g/mol. The second kappa shape index (κ2) is 7.75. The maximum atomic E-state index is 12.2. The van der Waals surface area contributed by atoms with Crippen LogP contribution in [0.1, 0.15) is 41.8 Å². The van der Waals surface area contributed by atoms with Crippen molar-refractivity contribution in [1.29, 1.82) is 0 Å². The van der Waals surface area contributed by atoms with Crippen molar-refractivity contribution in [3.8, 4) is 0 Å². The molecule has 1 heterocycles. The van der Waals surface area contributed by atoms with Crippen molar-refractivity contribution in [1.82, 2.24) is 10.2 Å². The van der Waals surface area contributed by atoms with Crippen LogP contribution in [0.2, 0.25) is 0 Å². The second-order valence-corrected chi connectivity index (χ2v) is 6.44. The van der Waals surface area contributed by atoms with Crippen LogP contribution in [-0.2, 0) is 4.74 Å². The molecule has 122 valence electrons. The molecule has 1 N–H and O–H groups in total. The van der Waals surface area contributed by atoms with Crippen LogP contribution in [0.3, 0.4) is 0 Å². The highest BCUT2D eigenvalue weighted by Gasteiger charge is 2.21. The molecule has 0 aliphatic carbocycles. The predicted octanol–water partition coefficient (Wildman–Crippen LogP) is 2.53. The fourth-order valence-corrected chi connectivity index (χ4v) is 3.05. The van der Waals surface area contributed by atoms with Gasteiger partial charge in [0.15, 0.2) is 0 Å². The Morgan fingerprint density at radius 2 is 1.95 bits per heavy atom. The van der Waals surface area contributed by atoms with Crippen molar-refractivity contribution < 1.29 is 9.53 Å². The van der Waals surface area contributed by atoms with E-state index in [2.05, 4.69) is 24.1 Å². The van der Waals surface area contributed by atoms with Crippen molar-refractivity contribution in [2.45, 2.75) is 46.3 Å². The number of morpholine rings is 1. The number of nitrogens with zero attached hydrogens (tertiary/aromatic N) is 1. The highest BCUT2D eigenvalue weighted by Crippen LogP contribution is 2.11. The molecule has 2 rings (SSSR count). The van der Waals surface area contributed by atoms with E-state index in [4.69, 9.17) is 4.74 Å². The van der Waals surface area contributed by atoms with Crippen molar-refractivity contribution in [3.63, 3.8) is 0 Å². The standard InChI is InChI=1S/C18H28N2O2/c1-13-6-7-14(2)17(10-13)18(21)19-8-5-9-20-11-15(3)22-16(4)12-20/h6-7,10,15-16H,5,8-9,11-12H2,1-4H3,(H,19,21). The third-order valence-corrected chi connectivity index (χ3v) is 4.07. The summed E-state index contributed by atoms with van der Waals surface area (Å²) in [4.78, 5) is 14.6. The zero-order valence-electron chi connectivity index (χ0n) is 14.2. The number of ether oxygens (including phenoxy) is 1. The van der Waals surface area contributed by atoms with Crippen LogP contribution in [0.4, 0.5) is 0 Å². The Balaban J connectivity index is 1.74. The zero-order chi connectivity index (χ0) is 16.1. The lowest BCUT2D eigenvalue weighted by atomic mass is 10.1. The average Bonchev–Trinajstić information content (AvgIpc) is 2.45. The van der Waals surface area contributed by atoms with E-state index in [0.29, 0.717) is 18.8 Å². The van der Waals surface area contributed by atoms with E-state index in [9.17, 15) is 4.79 Å². The molecule has 1 amide bonds. The third kappa shape index (κ3) is 4.82. The van der Waals surface area contributed by atoms with Crippen molar-refractivity contribution >= 4 is 5.91 Å². The number of carbonyl (C=O) groups is 1. The maximum Gasteiger partial charge on any atom is 0.251 e. The van der Waals surface area contributed by atoms with E-state index in [1.54, 1.807) is 0 Å². The smallest absolute Gasteiger partial charge is 0.251 e. The molecule has 4 nitrogen and oxygen atoms in total. The molecule has 1 aromatic carbocycles. The molecule has 1 aliphatic heterocycles. The Kier molecular flexibility index (Phi) is 5.98. The van der Waals surface area contributed by atoms with Crippen LogP contribution in [0.5, 0.6) is 0 Å². The summed E-state index contributed by atoms with van der Waals surface area (Å²) >= 11 is 0. The van der Waals surface area contributed by atoms with Crippen molar-refractivity contribution in [2.24, 2.45) is 0 Å². The first-order valence-corrected chi connectivity index (χ1v) is 8.19. The first-order valence-electron chi connectivity index (χ1n) is 8.19. The molecule has 2 atom stereocenters. The number of aryl methyl sites for hydroxylation is 2. The summed E-state index contributed by atoms with van der Waals surface area (Å²) in [5, 5.41) is 3.03. The SMILES string of the molecule is Cc1ccc(C)c(C(=O)NCCCN2CC(C)OC(C)C2)c1.